The van der Waals surface area contributed by atoms with E-state index < -0.39 is 5.97 Å². The monoisotopic (exact) mass is 593 g/mol. The second kappa shape index (κ2) is 12.1. The van der Waals surface area contributed by atoms with E-state index in [1.54, 1.807) is 42.5 Å². The zero-order valence-electron chi connectivity index (χ0n) is 24.7. The fraction of sp³-hybridized carbons (Fsp3) is 0.286. The second-order valence-corrected chi connectivity index (χ2v) is 12.4. The van der Waals surface area contributed by atoms with E-state index in [1.165, 1.54) is 24.8 Å². The van der Waals surface area contributed by atoms with Gasteiger partial charge in [-0.25, -0.2) is 9.78 Å². The second-order valence-electron chi connectivity index (χ2n) is 11.5. The third-order valence-electron chi connectivity index (χ3n) is 8.14. The molecule has 0 bridgehead atoms. The van der Waals surface area contributed by atoms with Gasteiger partial charge in [0.15, 0.2) is 0 Å². The Kier molecular flexibility index (Phi) is 8.04. The molecule has 0 saturated heterocycles. The number of aryl methyl sites for hydroxylation is 1. The number of hydrogen-bond donors (Lipinski definition) is 1. The number of carboxylic acids is 1. The van der Waals surface area contributed by atoms with Crippen LogP contribution >= 0.6 is 11.3 Å². The zero-order chi connectivity index (χ0) is 30.1. The summed E-state index contributed by atoms with van der Waals surface area (Å²) in [5, 5.41) is 11.7. The van der Waals surface area contributed by atoms with E-state index in [0.29, 0.717) is 23.7 Å². The maximum atomic E-state index is 12.7. The van der Waals surface area contributed by atoms with Crippen molar-refractivity contribution in [2.75, 3.05) is 14.1 Å². The van der Waals surface area contributed by atoms with Crippen LogP contribution in [0.2, 0.25) is 0 Å². The van der Waals surface area contributed by atoms with Gasteiger partial charge in [0.1, 0.15) is 18.2 Å². The fourth-order valence-corrected chi connectivity index (χ4v) is 6.88. The molecular weight excluding hydrogens is 558 g/mol. The molecule has 1 aliphatic carbocycles. The van der Waals surface area contributed by atoms with E-state index in [-0.39, 0.29) is 11.5 Å². The summed E-state index contributed by atoms with van der Waals surface area (Å²) in [6.45, 7) is 2.40. The van der Waals surface area contributed by atoms with Crippen molar-refractivity contribution in [3.05, 3.63) is 94.4 Å². The Labute approximate surface area is 255 Å². The van der Waals surface area contributed by atoms with E-state index in [2.05, 4.69) is 22.9 Å². The van der Waals surface area contributed by atoms with E-state index in [0.717, 1.165) is 51.5 Å². The van der Waals surface area contributed by atoms with Crippen LogP contribution in [0.25, 0.3) is 32.9 Å². The molecule has 0 spiro atoms. The first kappa shape index (κ1) is 28.7. The highest BCUT2D eigenvalue weighted by Crippen LogP contribution is 2.37. The lowest BCUT2D eigenvalue weighted by Crippen LogP contribution is -2.21. The van der Waals surface area contributed by atoms with Crippen LogP contribution in [0.15, 0.2) is 72.1 Å². The van der Waals surface area contributed by atoms with Crippen LogP contribution < -0.4 is 4.74 Å². The van der Waals surface area contributed by atoms with Gasteiger partial charge in [0, 0.05) is 36.1 Å². The van der Waals surface area contributed by atoms with Crippen LogP contribution in [-0.2, 0) is 6.61 Å². The average Bonchev–Trinajstić information content (AvgIpc) is 3.63. The van der Waals surface area contributed by atoms with Crippen LogP contribution in [0, 0.1) is 6.92 Å². The number of thiophene rings is 1. The van der Waals surface area contributed by atoms with Gasteiger partial charge < -0.3 is 19.3 Å². The normalized spacial score (nSPS) is 13.7. The number of carbonyl (C=O) groups is 2. The number of ether oxygens (including phenoxy) is 1. The van der Waals surface area contributed by atoms with Crippen molar-refractivity contribution in [1.29, 1.82) is 0 Å². The Bertz CT molecular complexity index is 1800. The van der Waals surface area contributed by atoms with Crippen molar-refractivity contribution in [2.45, 2.75) is 51.7 Å². The standard InChI is InChI=1S/C35H35N3O4S/c1-22-17-32(43-21-22)29-15-11-24(34(39)37(2)3)18-26(29)20-42-28-13-9-23(10-14-28)33-36-30-19-25(35(40)41)12-16-31(30)38(33)27-7-5-4-6-8-27/h9-19,21,27H,4-8,20H2,1-3H3,(H,40,41). The molecule has 3 aromatic carbocycles. The molecule has 1 amide bonds. The highest BCUT2D eigenvalue weighted by Gasteiger charge is 2.23. The fourth-order valence-electron chi connectivity index (χ4n) is 5.92. The van der Waals surface area contributed by atoms with Crippen molar-refractivity contribution in [3.63, 3.8) is 0 Å². The number of rotatable bonds is 8. The number of carboxylic acid groups (broad SMARTS) is 1. The molecule has 8 heteroatoms. The largest absolute Gasteiger partial charge is 0.489 e. The molecule has 1 aliphatic rings. The van der Waals surface area contributed by atoms with Crippen LogP contribution in [0.5, 0.6) is 5.75 Å². The first-order chi connectivity index (χ1) is 20.8. The maximum absolute atomic E-state index is 12.7. The predicted molar refractivity (Wildman–Crippen MR) is 171 cm³/mol. The predicted octanol–water partition coefficient (Wildman–Crippen LogP) is 8.22. The lowest BCUT2D eigenvalue weighted by molar-refractivity contribution is 0.0696. The third kappa shape index (κ3) is 5.92. The minimum absolute atomic E-state index is 0.0455. The summed E-state index contributed by atoms with van der Waals surface area (Å²) in [6, 6.07) is 21.5. The van der Waals surface area contributed by atoms with Gasteiger partial charge in [0.25, 0.3) is 5.91 Å². The lowest BCUT2D eigenvalue weighted by atomic mass is 9.95. The molecule has 43 heavy (non-hydrogen) atoms. The topological polar surface area (TPSA) is 84.7 Å². The summed E-state index contributed by atoms with van der Waals surface area (Å²) in [6.07, 6.45) is 5.77. The van der Waals surface area contributed by atoms with E-state index in [1.807, 2.05) is 48.5 Å². The number of amides is 1. The van der Waals surface area contributed by atoms with Gasteiger partial charge in [-0.2, -0.15) is 0 Å². The smallest absolute Gasteiger partial charge is 0.335 e. The van der Waals surface area contributed by atoms with Gasteiger partial charge in [-0.3, -0.25) is 4.79 Å². The molecule has 220 valence electrons. The number of carbonyl (C=O) groups excluding carboxylic acids is 1. The Hall–Kier alpha value is -4.43. The SMILES string of the molecule is Cc1csc(-c2ccc(C(=O)N(C)C)cc2COc2ccc(-c3nc4cc(C(=O)O)ccc4n3C3CCCCC3)cc2)c1. The van der Waals surface area contributed by atoms with Crippen LogP contribution in [0.4, 0.5) is 0 Å². The van der Waals surface area contributed by atoms with Crippen LogP contribution in [0.1, 0.15) is 70.0 Å². The van der Waals surface area contributed by atoms with Crippen molar-refractivity contribution in [1.82, 2.24) is 14.5 Å². The van der Waals surface area contributed by atoms with Crippen LogP contribution in [0.3, 0.4) is 0 Å². The summed E-state index contributed by atoms with van der Waals surface area (Å²) in [7, 11) is 3.51. The average molecular weight is 594 g/mol. The van der Waals surface area contributed by atoms with Gasteiger partial charge in [-0.1, -0.05) is 25.3 Å². The Morgan fingerprint density at radius 2 is 1.72 bits per heavy atom. The molecule has 7 nitrogen and oxygen atoms in total. The molecule has 0 radical (unpaired) electrons. The molecule has 0 unspecified atom stereocenters. The molecule has 0 atom stereocenters. The molecule has 2 aromatic heterocycles. The van der Waals surface area contributed by atoms with Gasteiger partial charge in [-0.15, -0.1) is 11.3 Å². The minimum atomic E-state index is -0.953. The summed E-state index contributed by atoms with van der Waals surface area (Å²) in [5.41, 5.74) is 6.71. The summed E-state index contributed by atoms with van der Waals surface area (Å²) in [5.74, 6) is 0.568. The molecule has 0 aliphatic heterocycles. The third-order valence-corrected chi connectivity index (χ3v) is 9.22. The summed E-state index contributed by atoms with van der Waals surface area (Å²) >= 11 is 1.68. The van der Waals surface area contributed by atoms with Gasteiger partial charge in [0.2, 0.25) is 0 Å². The molecule has 1 N–H and O–H groups in total. The molecular formula is C35H35N3O4S. The Balaban J connectivity index is 1.30. The molecule has 6 rings (SSSR count). The number of nitrogens with zero attached hydrogens (tertiary/aromatic N) is 3. The first-order valence-corrected chi connectivity index (χ1v) is 15.5. The highest BCUT2D eigenvalue weighted by molar-refractivity contribution is 7.13. The van der Waals surface area contributed by atoms with E-state index >= 15 is 0 Å². The minimum Gasteiger partial charge on any atom is -0.489 e. The van der Waals surface area contributed by atoms with Crippen LogP contribution in [-0.4, -0.2) is 45.5 Å². The summed E-state index contributed by atoms with van der Waals surface area (Å²) in [4.78, 5) is 32.0. The Morgan fingerprint density at radius 1 is 0.977 bits per heavy atom. The quantitative estimate of drug-likeness (QED) is 0.196. The lowest BCUT2D eigenvalue weighted by Gasteiger charge is -2.25. The number of benzene rings is 3. The number of aromatic nitrogens is 2. The summed E-state index contributed by atoms with van der Waals surface area (Å²) < 4.78 is 8.59. The maximum Gasteiger partial charge on any atom is 0.335 e. The van der Waals surface area contributed by atoms with E-state index in [4.69, 9.17) is 9.72 Å². The number of hydrogen-bond acceptors (Lipinski definition) is 5. The molecule has 1 fully saturated rings. The highest BCUT2D eigenvalue weighted by atomic mass is 32.1. The van der Waals surface area contributed by atoms with Crippen molar-refractivity contribution in [2.24, 2.45) is 0 Å². The number of fused-ring (bicyclic) bond motifs is 1. The van der Waals surface area contributed by atoms with E-state index in [9.17, 15) is 14.7 Å². The van der Waals surface area contributed by atoms with Crippen molar-refractivity contribution in [3.8, 4) is 27.6 Å². The van der Waals surface area contributed by atoms with Gasteiger partial charge >= 0.3 is 5.97 Å². The first-order valence-electron chi connectivity index (χ1n) is 14.7. The Morgan fingerprint density at radius 3 is 2.40 bits per heavy atom. The zero-order valence-corrected chi connectivity index (χ0v) is 25.5. The molecule has 5 aromatic rings. The molecule has 1 saturated carbocycles. The van der Waals surface area contributed by atoms with Crippen molar-refractivity contribution >= 4 is 34.2 Å². The molecule has 2 heterocycles. The van der Waals surface area contributed by atoms with Gasteiger partial charge in [-0.05, 0) is 102 Å². The number of imidazole rings is 1. The van der Waals surface area contributed by atoms with Crippen molar-refractivity contribution < 1.29 is 19.4 Å². The number of aromatic carboxylic acids is 1. The van der Waals surface area contributed by atoms with Gasteiger partial charge in [0.05, 0.1) is 16.6 Å².